The van der Waals surface area contributed by atoms with Gasteiger partial charge < -0.3 is 10.1 Å². The van der Waals surface area contributed by atoms with Crippen molar-refractivity contribution in [2.75, 3.05) is 12.4 Å². The summed E-state index contributed by atoms with van der Waals surface area (Å²) in [7, 11) is 1.31. The molecule has 5 heteroatoms. The van der Waals surface area contributed by atoms with E-state index in [4.69, 9.17) is 0 Å². The van der Waals surface area contributed by atoms with Crippen molar-refractivity contribution in [1.29, 1.82) is 0 Å². The van der Waals surface area contributed by atoms with Gasteiger partial charge in [0.25, 0.3) is 0 Å². The van der Waals surface area contributed by atoms with E-state index in [0.29, 0.717) is 12.3 Å². The number of ether oxygens (including phenoxy) is 1. The van der Waals surface area contributed by atoms with Crippen LogP contribution in [0, 0.1) is 11.7 Å². The molecule has 94 valence electrons. The lowest BCUT2D eigenvalue weighted by Crippen LogP contribution is -2.32. The summed E-state index contributed by atoms with van der Waals surface area (Å²) in [6.45, 7) is 3.96. The monoisotopic (exact) mass is 240 g/mol. The molecule has 1 unspecified atom stereocenters. The minimum atomic E-state index is -0.579. The third kappa shape index (κ3) is 4.01. The third-order valence-electron chi connectivity index (χ3n) is 2.26. The Labute approximate surface area is 100 Å². The fraction of sp³-hybridized carbons (Fsp3) is 0.500. The molecule has 1 atom stereocenters. The Balaban J connectivity index is 2.79. The summed E-state index contributed by atoms with van der Waals surface area (Å²) in [4.78, 5) is 15.4. The molecular formula is C12H17FN2O2. The van der Waals surface area contributed by atoms with Crippen molar-refractivity contribution in [2.45, 2.75) is 26.3 Å². The molecule has 0 aliphatic carbocycles. The maximum atomic E-state index is 13.4. The second-order valence-electron chi connectivity index (χ2n) is 4.18. The number of pyridine rings is 1. The van der Waals surface area contributed by atoms with Gasteiger partial charge in [0.1, 0.15) is 6.04 Å². The topological polar surface area (TPSA) is 51.2 Å². The number of halogens is 1. The van der Waals surface area contributed by atoms with Gasteiger partial charge in [0.05, 0.1) is 7.11 Å². The zero-order valence-electron chi connectivity index (χ0n) is 10.2. The van der Waals surface area contributed by atoms with Crippen LogP contribution in [0.15, 0.2) is 18.3 Å². The first-order valence-electron chi connectivity index (χ1n) is 5.49. The van der Waals surface area contributed by atoms with Crippen LogP contribution in [0.1, 0.15) is 20.3 Å². The van der Waals surface area contributed by atoms with Gasteiger partial charge in [-0.3, -0.25) is 0 Å². The van der Waals surface area contributed by atoms with E-state index in [-0.39, 0.29) is 5.82 Å². The van der Waals surface area contributed by atoms with Crippen molar-refractivity contribution in [3.05, 3.63) is 24.1 Å². The second-order valence-corrected chi connectivity index (χ2v) is 4.18. The zero-order valence-corrected chi connectivity index (χ0v) is 10.2. The van der Waals surface area contributed by atoms with Crippen molar-refractivity contribution in [2.24, 2.45) is 5.92 Å². The Morgan fingerprint density at radius 2 is 2.29 bits per heavy atom. The fourth-order valence-electron chi connectivity index (χ4n) is 1.48. The van der Waals surface area contributed by atoms with Crippen LogP contribution in [0.5, 0.6) is 0 Å². The van der Waals surface area contributed by atoms with E-state index < -0.39 is 17.8 Å². The summed E-state index contributed by atoms with van der Waals surface area (Å²) < 4.78 is 18.1. The van der Waals surface area contributed by atoms with Gasteiger partial charge in [-0.1, -0.05) is 13.8 Å². The SMILES string of the molecule is COC(=O)C(CC(C)C)Nc1ncccc1F. The molecule has 0 amide bonds. The molecule has 1 aromatic heterocycles. The Hall–Kier alpha value is -1.65. The number of methoxy groups -OCH3 is 1. The molecule has 0 bridgehead atoms. The summed E-state index contributed by atoms with van der Waals surface area (Å²) in [6, 6.07) is 2.21. The predicted molar refractivity (Wildman–Crippen MR) is 63.1 cm³/mol. The molecule has 0 saturated heterocycles. The number of rotatable bonds is 5. The van der Waals surface area contributed by atoms with E-state index in [1.165, 1.54) is 25.4 Å². The average molecular weight is 240 g/mol. The fourth-order valence-corrected chi connectivity index (χ4v) is 1.48. The van der Waals surface area contributed by atoms with Crippen molar-refractivity contribution in [3.8, 4) is 0 Å². The lowest BCUT2D eigenvalue weighted by Gasteiger charge is -2.18. The smallest absolute Gasteiger partial charge is 0.328 e. The molecule has 0 radical (unpaired) electrons. The van der Waals surface area contributed by atoms with Crippen LogP contribution in [0.2, 0.25) is 0 Å². The number of esters is 1. The number of anilines is 1. The molecule has 17 heavy (non-hydrogen) atoms. The van der Waals surface area contributed by atoms with E-state index in [0.717, 1.165) is 0 Å². The Bertz CT molecular complexity index is 383. The molecule has 0 spiro atoms. The molecule has 0 aromatic carbocycles. The van der Waals surface area contributed by atoms with Gasteiger partial charge in [-0.05, 0) is 24.5 Å². The van der Waals surface area contributed by atoms with Gasteiger partial charge in [-0.2, -0.15) is 0 Å². The summed E-state index contributed by atoms with van der Waals surface area (Å²) in [5, 5.41) is 2.77. The summed E-state index contributed by atoms with van der Waals surface area (Å²) in [5.74, 6) is -0.532. The maximum absolute atomic E-state index is 13.4. The third-order valence-corrected chi connectivity index (χ3v) is 2.26. The van der Waals surface area contributed by atoms with Gasteiger partial charge in [-0.25, -0.2) is 14.2 Å². The first-order valence-corrected chi connectivity index (χ1v) is 5.49. The molecule has 1 aromatic rings. The lowest BCUT2D eigenvalue weighted by atomic mass is 10.0. The summed E-state index contributed by atoms with van der Waals surface area (Å²) in [6.07, 6.45) is 2.03. The molecule has 0 saturated carbocycles. The molecule has 0 aliphatic rings. The quantitative estimate of drug-likeness (QED) is 0.802. The Kier molecular flexibility index (Phi) is 4.87. The largest absolute Gasteiger partial charge is 0.467 e. The zero-order chi connectivity index (χ0) is 12.8. The van der Waals surface area contributed by atoms with Gasteiger partial charge >= 0.3 is 5.97 Å². The Morgan fingerprint density at radius 3 is 2.82 bits per heavy atom. The van der Waals surface area contributed by atoms with Crippen LogP contribution < -0.4 is 5.32 Å². The van der Waals surface area contributed by atoms with Crippen LogP contribution >= 0.6 is 0 Å². The lowest BCUT2D eigenvalue weighted by molar-refractivity contribution is -0.141. The van der Waals surface area contributed by atoms with E-state index in [1.807, 2.05) is 13.8 Å². The highest BCUT2D eigenvalue weighted by molar-refractivity contribution is 5.78. The van der Waals surface area contributed by atoms with E-state index in [1.54, 1.807) is 0 Å². The second kappa shape index (κ2) is 6.18. The number of hydrogen-bond donors (Lipinski definition) is 1. The maximum Gasteiger partial charge on any atom is 0.328 e. The number of aromatic nitrogens is 1. The molecular weight excluding hydrogens is 223 g/mol. The number of nitrogens with one attached hydrogen (secondary N) is 1. The molecule has 0 fully saturated rings. The number of carbonyl (C=O) groups is 1. The minimum Gasteiger partial charge on any atom is -0.467 e. The normalized spacial score (nSPS) is 12.3. The highest BCUT2D eigenvalue weighted by atomic mass is 19.1. The number of carbonyl (C=O) groups excluding carboxylic acids is 1. The molecule has 4 nitrogen and oxygen atoms in total. The van der Waals surface area contributed by atoms with Crippen LogP contribution in [0.4, 0.5) is 10.2 Å². The first-order chi connectivity index (χ1) is 8.04. The van der Waals surface area contributed by atoms with Gasteiger partial charge in [-0.15, -0.1) is 0 Å². The average Bonchev–Trinajstić information content (AvgIpc) is 2.29. The predicted octanol–water partition coefficient (Wildman–Crippen LogP) is 2.22. The van der Waals surface area contributed by atoms with E-state index in [9.17, 15) is 9.18 Å². The van der Waals surface area contributed by atoms with Gasteiger partial charge in [0, 0.05) is 6.20 Å². The molecule has 1 N–H and O–H groups in total. The van der Waals surface area contributed by atoms with Gasteiger partial charge in [0.15, 0.2) is 11.6 Å². The van der Waals surface area contributed by atoms with Crippen LogP contribution in [-0.2, 0) is 9.53 Å². The molecule has 0 aliphatic heterocycles. The highest BCUT2D eigenvalue weighted by Crippen LogP contribution is 2.14. The Morgan fingerprint density at radius 1 is 1.59 bits per heavy atom. The number of nitrogens with zero attached hydrogens (tertiary/aromatic N) is 1. The van der Waals surface area contributed by atoms with E-state index in [2.05, 4.69) is 15.0 Å². The van der Waals surface area contributed by atoms with Crippen LogP contribution in [0.25, 0.3) is 0 Å². The van der Waals surface area contributed by atoms with Crippen molar-refractivity contribution in [3.63, 3.8) is 0 Å². The van der Waals surface area contributed by atoms with Crippen molar-refractivity contribution in [1.82, 2.24) is 4.98 Å². The molecule has 1 rings (SSSR count). The standard InChI is InChI=1S/C12H17FN2O2/c1-8(2)7-10(12(16)17-3)15-11-9(13)5-4-6-14-11/h4-6,8,10H,7H2,1-3H3,(H,14,15). The van der Waals surface area contributed by atoms with E-state index >= 15 is 0 Å². The highest BCUT2D eigenvalue weighted by Gasteiger charge is 2.21. The number of hydrogen-bond acceptors (Lipinski definition) is 4. The summed E-state index contributed by atoms with van der Waals surface area (Å²) >= 11 is 0. The van der Waals surface area contributed by atoms with Crippen LogP contribution in [0.3, 0.4) is 0 Å². The van der Waals surface area contributed by atoms with Crippen molar-refractivity contribution < 1.29 is 13.9 Å². The first kappa shape index (κ1) is 13.4. The minimum absolute atomic E-state index is 0.0727. The van der Waals surface area contributed by atoms with Gasteiger partial charge in [0.2, 0.25) is 0 Å². The van der Waals surface area contributed by atoms with Crippen molar-refractivity contribution >= 4 is 11.8 Å². The van der Waals surface area contributed by atoms with Crippen LogP contribution in [-0.4, -0.2) is 24.1 Å². The molecule has 1 heterocycles. The summed E-state index contributed by atoms with van der Waals surface area (Å²) in [5.41, 5.74) is 0.